The highest BCUT2D eigenvalue weighted by molar-refractivity contribution is 5.62. The Balaban J connectivity index is 2.12. The van der Waals surface area contributed by atoms with Gasteiger partial charge in [0.15, 0.2) is 0 Å². The molecule has 6 nitrogen and oxygen atoms in total. The van der Waals surface area contributed by atoms with Gasteiger partial charge in [0.2, 0.25) is 0 Å². The molecule has 0 atom stereocenters. The van der Waals surface area contributed by atoms with Crippen molar-refractivity contribution in [2.75, 3.05) is 37.8 Å². The first-order valence-corrected chi connectivity index (χ1v) is 6.02. The molecule has 0 amide bonds. The molecule has 1 aliphatic rings. The molecule has 1 saturated heterocycles. The van der Waals surface area contributed by atoms with E-state index in [4.69, 9.17) is 16.2 Å². The van der Waals surface area contributed by atoms with Crippen LogP contribution in [0.5, 0.6) is 0 Å². The van der Waals surface area contributed by atoms with E-state index in [2.05, 4.69) is 10.00 Å². The summed E-state index contributed by atoms with van der Waals surface area (Å²) in [6, 6.07) is 0.232. The topological polar surface area (TPSA) is 82.3 Å². The molecule has 96 valence electrons. The average Bonchev–Trinajstić information content (AvgIpc) is 2.59. The molecule has 2 heterocycles. The zero-order chi connectivity index (χ0) is 12.4. The van der Waals surface area contributed by atoms with Crippen LogP contribution < -0.4 is 11.5 Å². The summed E-state index contributed by atoms with van der Waals surface area (Å²) < 4.78 is 7.09. The van der Waals surface area contributed by atoms with E-state index in [-0.39, 0.29) is 6.04 Å². The van der Waals surface area contributed by atoms with Crippen LogP contribution in [0.25, 0.3) is 0 Å². The Morgan fingerprint density at radius 2 is 1.94 bits per heavy atom. The van der Waals surface area contributed by atoms with Gasteiger partial charge in [-0.05, 0) is 13.8 Å². The van der Waals surface area contributed by atoms with Crippen LogP contribution in [-0.4, -0.2) is 41.0 Å². The number of hydrogen-bond acceptors (Lipinski definition) is 5. The molecule has 0 bridgehead atoms. The summed E-state index contributed by atoms with van der Waals surface area (Å²) in [7, 11) is 0. The first-order chi connectivity index (χ1) is 8.09. The molecule has 1 aromatic rings. The van der Waals surface area contributed by atoms with Crippen LogP contribution in [-0.2, 0) is 11.3 Å². The molecule has 0 radical (unpaired) electrons. The van der Waals surface area contributed by atoms with E-state index in [0.717, 1.165) is 38.5 Å². The van der Waals surface area contributed by atoms with E-state index in [0.29, 0.717) is 11.5 Å². The van der Waals surface area contributed by atoms with Crippen LogP contribution in [0.2, 0.25) is 0 Å². The van der Waals surface area contributed by atoms with Crippen molar-refractivity contribution in [3.8, 4) is 0 Å². The maximum Gasteiger partial charge on any atom is 0.145 e. The number of ether oxygens (including phenoxy) is 1. The molecule has 17 heavy (non-hydrogen) atoms. The van der Waals surface area contributed by atoms with Crippen molar-refractivity contribution >= 4 is 11.5 Å². The number of rotatable bonds is 3. The number of hydrogen-bond donors (Lipinski definition) is 2. The highest BCUT2D eigenvalue weighted by Crippen LogP contribution is 2.24. The SMILES string of the molecule is CC(C)n1nc(CN2CCOCC2)c(N)c1N. The third-order valence-corrected chi connectivity index (χ3v) is 3.03. The summed E-state index contributed by atoms with van der Waals surface area (Å²) in [5, 5.41) is 4.49. The molecule has 1 fully saturated rings. The van der Waals surface area contributed by atoms with Crippen LogP contribution in [0.3, 0.4) is 0 Å². The van der Waals surface area contributed by atoms with Gasteiger partial charge in [-0.1, -0.05) is 0 Å². The Morgan fingerprint density at radius 1 is 1.29 bits per heavy atom. The van der Waals surface area contributed by atoms with Crippen LogP contribution in [0.1, 0.15) is 25.6 Å². The summed E-state index contributed by atoms with van der Waals surface area (Å²) in [4.78, 5) is 2.28. The maximum atomic E-state index is 5.99. The molecule has 1 aliphatic heterocycles. The molecule has 0 aliphatic carbocycles. The van der Waals surface area contributed by atoms with E-state index >= 15 is 0 Å². The van der Waals surface area contributed by atoms with Crippen molar-refractivity contribution in [2.45, 2.75) is 26.4 Å². The third-order valence-electron chi connectivity index (χ3n) is 3.03. The zero-order valence-corrected chi connectivity index (χ0v) is 10.5. The number of nitrogens with zero attached hydrogens (tertiary/aromatic N) is 3. The Bertz CT molecular complexity index is 381. The molecule has 0 aromatic carbocycles. The van der Waals surface area contributed by atoms with Gasteiger partial charge >= 0.3 is 0 Å². The van der Waals surface area contributed by atoms with Gasteiger partial charge in [-0.3, -0.25) is 4.90 Å². The van der Waals surface area contributed by atoms with Crippen molar-refractivity contribution in [1.82, 2.24) is 14.7 Å². The van der Waals surface area contributed by atoms with Crippen LogP contribution in [0, 0.1) is 0 Å². The smallest absolute Gasteiger partial charge is 0.145 e. The molecule has 6 heteroatoms. The summed E-state index contributed by atoms with van der Waals surface area (Å²) in [5.41, 5.74) is 13.4. The van der Waals surface area contributed by atoms with Gasteiger partial charge in [0, 0.05) is 25.7 Å². The van der Waals surface area contributed by atoms with Crippen LogP contribution in [0.15, 0.2) is 0 Å². The molecule has 0 saturated carbocycles. The summed E-state index contributed by atoms with van der Waals surface area (Å²) >= 11 is 0. The number of anilines is 2. The lowest BCUT2D eigenvalue weighted by atomic mass is 10.3. The quantitative estimate of drug-likeness (QED) is 0.800. The van der Waals surface area contributed by atoms with Crippen LogP contribution >= 0.6 is 0 Å². The van der Waals surface area contributed by atoms with E-state index in [1.165, 1.54) is 0 Å². The average molecular weight is 239 g/mol. The molecule has 2 rings (SSSR count). The molecular formula is C11H21N5O. The first kappa shape index (κ1) is 12.2. The van der Waals surface area contributed by atoms with Gasteiger partial charge in [-0.2, -0.15) is 5.10 Å². The van der Waals surface area contributed by atoms with E-state index in [9.17, 15) is 0 Å². The van der Waals surface area contributed by atoms with Crippen molar-refractivity contribution in [1.29, 1.82) is 0 Å². The standard InChI is InChI=1S/C11H21N5O/c1-8(2)16-11(13)10(12)9(14-16)7-15-3-5-17-6-4-15/h8H,3-7,12-13H2,1-2H3. The monoisotopic (exact) mass is 239 g/mol. The van der Waals surface area contributed by atoms with Gasteiger partial charge in [-0.15, -0.1) is 0 Å². The summed E-state index contributed by atoms with van der Waals surface area (Å²) in [6.45, 7) is 8.24. The summed E-state index contributed by atoms with van der Waals surface area (Å²) in [6.07, 6.45) is 0. The highest BCUT2D eigenvalue weighted by atomic mass is 16.5. The van der Waals surface area contributed by atoms with E-state index in [1.54, 1.807) is 4.68 Å². The fourth-order valence-corrected chi connectivity index (χ4v) is 1.99. The predicted molar refractivity (Wildman–Crippen MR) is 67.5 cm³/mol. The number of morpholine rings is 1. The second kappa shape index (κ2) is 4.93. The van der Waals surface area contributed by atoms with E-state index < -0.39 is 0 Å². The Hall–Kier alpha value is -1.27. The lowest BCUT2D eigenvalue weighted by molar-refractivity contribution is 0.0336. The number of nitrogens with two attached hydrogens (primary N) is 2. The fourth-order valence-electron chi connectivity index (χ4n) is 1.99. The Kier molecular flexibility index (Phi) is 3.54. The lowest BCUT2D eigenvalue weighted by Gasteiger charge is -2.25. The summed E-state index contributed by atoms with van der Waals surface area (Å²) in [5.74, 6) is 0.572. The maximum absolute atomic E-state index is 5.99. The Labute approximate surface area is 102 Å². The molecule has 0 spiro atoms. The predicted octanol–water partition coefficient (Wildman–Crippen LogP) is 0.461. The van der Waals surface area contributed by atoms with E-state index in [1.807, 2.05) is 13.8 Å². The van der Waals surface area contributed by atoms with Crippen molar-refractivity contribution in [2.24, 2.45) is 0 Å². The van der Waals surface area contributed by atoms with Gasteiger partial charge < -0.3 is 16.2 Å². The minimum Gasteiger partial charge on any atom is -0.394 e. The second-order valence-electron chi connectivity index (χ2n) is 4.67. The third kappa shape index (κ3) is 2.53. The van der Waals surface area contributed by atoms with Crippen LogP contribution in [0.4, 0.5) is 11.5 Å². The first-order valence-electron chi connectivity index (χ1n) is 6.02. The van der Waals surface area contributed by atoms with Crippen molar-refractivity contribution in [3.05, 3.63) is 5.69 Å². The zero-order valence-electron chi connectivity index (χ0n) is 10.5. The lowest BCUT2D eigenvalue weighted by Crippen LogP contribution is -2.36. The number of nitrogen functional groups attached to an aromatic ring is 2. The molecular weight excluding hydrogens is 218 g/mol. The molecule has 1 aromatic heterocycles. The highest BCUT2D eigenvalue weighted by Gasteiger charge is 2.18. The minimum absolute atomic E-state index is 0.232. The largest absolute Gasteiger partial charge is 0.394 e. The van der Waals surface area contributed by atoms with Crippen molar-refractivity contribution < 1.29 is 4.74 Å². The second-order valence-corrected chi connectivity index (χ2v) is 4.67. The number of aromatic nitrogens is 2. The minimum atomic E-state index is 0.232. The fraction of sp³-hybridized carbons (Fsp3) is 0.727. The van der Waals surface area contributed by atoms with Gasteiger partial charge in [-0.25, -0.2) is 4.68 Å². The molecule has 4 N–H and O–H groups in total. The Morgan fingerprint density at radius 3 is 2.47 bits per heavy atom. The van der Waals surface area contributed by atoms with Gasteiger partial charge in [0.1, 0.15) is 11.5 Å². The van der Waals surface area contributed by atoms with Crippen molar-refractivity contribution in [3.63, 3.8) is 0 Å². The normalized spacial score (nSPS) is 17.8. The molecule has 0 unspecified atom stereocenters. The van der Waals surface area contributed by atoms with Gasteiger partial charge in [0.05, 0.1) is 18.9 Å². The van der Waals surface area contributed by atoms with Gasteiger partial charge in [0.25, 0.3) is 0 Å².